The van der Waals surface area contributed by atoms with Gasteiger partial charge in [-0.2, -0.15) is 5.06 Å². The van der Waals surface area contributed by atoms with Gasteiger partial charge in [0.1, 0.15) is 5.82 Å². The standard InChI is InChI=1S/C9H11BrFNO/c1-6-3-4-8(10)9(11)7(6)5-12(2)13/h3-4,13H,5H2,1-2H3. The zero-order valence-electron chi connectivity index (χ0n) is 7.51. The van der Waals surface area contributed by atoms with Gasteiger partial charge in [-0.05, 0) is 34.5 Å². The van der Waals surface area contributed by atoms with E-state index in [4.69, 9.17) is 5.21 Å². The van der Waals surface area contributed by atoms with E-state index >= 15 is 0 Å². The van der Waals surface area contributed by atoms with Crippen LogP contribution in [0.25, 0.3) is 0 Å². The summed E-state index contributed by atoms with van der Waals surface area (Å²) in [5.74, 6) is -0.305. The lowest BCUT2D eigenvalue weighted by atomic mass is 10.1. The lowest BCUT2D eigenvalue weighted by Gasteiger charge is -2.12. The molecule has 0 aliphatic carbocycles. The average molecular weight is 248 g/mol. The van der Waals surface area contributed by atoms with Crippen molar-refractivity contribution in [2.45, 2.75) is 13.5 Å². The van der Waals surface area contributed by atoms with Gasteiger partial charge >= 0.3 is 0 Å². The molecule has 0 saturated carbocycles. The van der Waals surface area contributed by atoms with E-state index < -0.39 is 0 Å². The van der Waals surface area contributed by atoms with Crippen LogP contribution in [0.1, 0.15) is 11.1 Å². The van der Waals surface area contributed by atoms with Gasteiger partial charge in [-0.3, -0.25) is 0 Å². The van der Waals surface area contributed by atoms with Crippen molar-refractivity contribution in [1.82, 2.24) is 5.06 Å². The van der Waals surface area contributed by atoms with Crippen molar-refractivity contribution >= 4 is 15.9 Å². The molecule has 72 valence electrons. The van der Waals surface area contributed by atoms with Crippen molar-refractivity contribution in [2.24, 2.45) is 0 Å². The summed E-state index contributed by atoms with van der Waals surface area (Å²) in [5, 5.41) is 9.95. The fraction of sp³-hybridized carbons (Fsp3) is 0.333. The van der Waals surface area contributed by atoms with Crippen molar-refractivity contribution in [3.63, 3.8) is 0 Å². The minimum absolute atomic E-state index is 0.192. The molecule has 1 aromatic carbocycles. The summed E-state index contributed by atoms with van der Waals surface area (Å²) in [6, 6.07) is 3.47. The second-order valence-electron chi connectivity index (χ2n) is 2.97. The van der Waals surface area contributed by atoms with Gasteiger partial charge in [-0.25, -0.2) is 4.39 Å². The van der Waals surface area contributed by atoms with Crippen LogP contribution in [0.3, 0.4) is 0 Å². The van der Waals surface area contributed by atoms with Crippen LogP contribution in [0.5, 0.6) is 0 Å². The predicted molar refractivity (Wildman–Crippen MR) is 52.1 cm³/mol. The smallest absolute Gasteiger partial charge is 0.142 e. The molecule has 0 aromatic heterocycles. The molecular formula is C9H11BrFNO. The zero-order chi connectivity index (χ0) is 10.0. The predicted octanol–water partition coefficient (Wildman–Crippen LogP) is 2.72. The Hall–Kier alpha value is -0.450. The molecule has 0 fully saturated rings. The Labute approximate surface area is 85.1 Å². The number of hydrogen-bond acceptors (Lipinski definition) is 2. The molecule has 4 heteroatoms. The molecule has 0 bridgehead atoms. The summed E-state index contributed by atoms with van der Waals surface area (Å²) in [6.07, 6.45) is 0. The Morgan fingerprint density at radius 3 is 2.69 bits per heavy atom. The molecule has 2 nitrogen and oxygen atoms in total. The van der Waals surface area contributed by atoms with Crippen LogP contribution >= 0.6 is 15.9 Å². The minimum atomic E-state index is -0.305. The van der Waals surface area contributed by atoms with Crippen LogP contribution in [-0.4, -0.2) is 17.3 Å². The highest BCUT2D eigenvalue weighted by atomic mass is 79.9. The maximum Gasteiger partial charge on any atom is 0.142 e. The second kappa shape index (κ2) is 4.17. The summed E-state index contributed by atoms with van der Waals surface area (Å²) in [7, 11) is 1.49. The molecule has 1 aromatic rings. The number of hydrogen-bond donors (Lipinski definition) is 1. The van der Waals surface area contributed by atoms with Crippen molar-refractivity contribution in [3.8, 4) is 0 Å². The van der Waals surface area contributed by atoms with Crippen LogP contribution in [0.4, 0.5) is 4.39 Å². The molecule has 13 heavy (non-hydrogen) atoms. The molecule has 0 spiro atoms. The number of rotatable bonds is 2. The van der Waals surface area contributed by atoms with E-state index in [1.165, 1.54) is 7.05 Å². The number of halogens is 2. The largest absolute Gasteiger partial charge is 0.314 e. The van der Waals surface area contributed by atoms with Crippen LogP contribution in [0, 0.1) is 12.7 Å². The number of aryl methyl sites for hydroxylation is 1. The summed E-state index contributed by atoms with van der Waals surface area (Å²) in [4.78, 5) is 0. The Balaban J connectivity index is 3.10. The van der Waals surface area contributed by atoms with Gasteiger partial charge in [-0.15, -0.1) is 0 Å². The summed E-state index contributed by atoms with van der Waals surface area (Å²) < 4.78 is 13.9. The van der Waals surface area contributed by atoms with E-state index in [1.807, 2.05) is 13.0 Å². The van der Waals surface area contributed by atoms with Crippen molar-refractivity contribution in [3.05, 3.63) is 33.5 Å². The molecule has 0 amide bonds. The topological polar surface area (TPSA) is 23.5 Å². The Bertz CT molecular complexity index is 315. The highest BCUT2D eigenvalue weighted by Crippen LogP contribution is 2.22. The molecule has 0 heterocycles. The van der Waals surface area contributed by atoms with E-state index in [9.17, 15) is 4.39 Å². The lowest BCUT2D eigenvalue weighted by Crippen LogP contribution is -2.14. The maximum atomic E-state index is 13.4. The summed E-state index contributed by atoms with van der Waals surface area (Å²) in [6.45, 7) is 2.01. The van der Waals surface area contributed by atoms with E-state index in [0.717, 1.165) is 10.6 Å². The fourth-order valence-corrected chi connectivity index (χ4v) is 1.48. The van der Waals surface area contributed by atoms with Gasteiger partial charge in [0.15, 0.2) is 0 Å². The Morgan fingerprint density at radius 2 is 2.15 bits per heavy atom. The Morgan fingerprint density at radius 1 is 1.54 bits per heavy atom. The number of hydroxylamine groups is 2. The number of benzene rings is 1. The van der Waals surface area contributed by atoms with Gasteiger partial charge < -0.3 is 5.21 Å². The van der Waals surface area contributed by atoms with Crippen LogP contribution < -0.4 is 0 Å². The lowest BCUT2D eigenvalue weighted by molar-refractivity contribution is -0.0740. The molecule has 1 N–H and O–H groups in total. The molecular weight excluding hydrogens is 237 g/mol. The maximum absolute atomic E-state index is 13.4. The van der Waals surface area contributed by atoms with Gasteiger partial charge in [0.2, 0.25) is 0 Å². The van der Waals surface area contributed by atoms with Gasteiger partial charge in [0.05, 0.1) is 11.0 Å². The first-order valence-corrected chi connectivity index (χ1v) is 4.65. The average Bonchev–Trinajstić information content (AvgIpc) is 2.05. The fourth-order valence-electron chi connectivity index (χ4n) is 1.11. The molecule has 0 unspecified atom stereocenters. The Kier molecular flexibility index (Phi) is 3.41. The zero-order valence-corrected chi connectivity index (χ0v) is 9.10. The van der Waals surface area contributed by atoms with Gasteiger partial charge in [-0.1, -0.05) is 6.07 Å². The minimum Gasteiger partial charge on any atom is -0.314 e. The van der Waals surface area contributed by atoms with Crippen molar-refractivity contribution in [1.29, 1.82) is 0 Å². The molecule has 0 atom stereocenters. The third kappa shape index (κ3) is 2.49. The quantitative estimate of drug-likeness (QED) is 0.813. The first kappa shape index (κ1) is 10.6. The molecule has 1 rings (SSSR count). The molecule has 0 saturated heterocycles. The highest BCUT2D eigenvalue weighted by Gasteiger charge is 2.10. The molecule has 0 radical (unpaired) electrons. The van der Waals surface area contributed by atoms with Crippen LogP contribution in [0.2, 0.25) is 0 Å². The second-order valence-corrected chi connectivity index (χ2v) is 3.83. The van der Waals surface area contributed by atoms with E-state index in [0.29, 0.717) is 10.0 Å². The first-order valence-electron chi connectivity index (χ1n) is 3.86. The van der Waals surface area contributed by atoms with E-state index in [1.54, 1.807) is 6.07 Å². The SMILES string of the molecule is Cc1ccc(Br)c(F)c1CN(C)O. The third-order valence-electron chi connectivity index (χ3n) is 1.82. The van der Waals surface area contributed by atoms with E-state index in [2.05, 4.69) is 15.9 Å². The van der Waals surface area contributed by atoms with Crippen LogP contribution in [0.15, 0.2) is 16.6 Å². The van der Waals surface area contributed by atoms with Gasteiger partial charge in [0.25, 0.3) is 0 Å². The van der Waals surface area contributed by atoms with Crippen LogP contribution in [-0.2, 0) is 6.54 Å². The highest BCUT2D eigenvalue weighted by molar-refractivity contribution is 9.10. The first-order chi connectivity index (χ1) is 6.02. The monoisotopic (exact) mass is 247 g/mol. The van der Waals surface area contributed by atoms with Crippen molar-refractivity contribution < 1.29 is 9.60 Å². The summed E-state index contributed by atoms with van der Waals surface area (Å²) >= 11 is 3.09. The molecule has 0 aliphatic heterocycles. The van der Waals surface area contributed by atoms with E-state index in [-0.39, 0.29) is 12.4 Å². The normalized spacial score (nSPS) is 10.9. The van der Waals surface area contributed by atoms with Gasteiger partial charge in [0, 0.05) is 12.6 Å². The van der Waals surface area contributed by atoms with Crippen molar-refractivity contribution in [2.75, 3.05) is 7.05 Å². The third-order valence-corrected chi connectivity index (χ3v) is 2.43. The molecule has 0 aliphatic rings. The summed E-state index contributed by atoms with van der Waals surface area (Å²) in [5.41, 5.74) is 1.35. The number of nitrogens with zero attached hydrogens (tertiary/aromatic N) is 1.